The van der Waals surface area contributed by atoms with E-state index in [9.17, 15) is 5.11 Å². The molecule has 1 atom stereocenters. The Balaban J connectivity index is 1.69. The van der Waals surface area contributed by atoms with E-state index in [0.29, 0.717) is 43.0 Å². The standard InChI is InChI=1S/C18H27FN4O3/c1-22-4-5-23(14(24)10-22)9-11-6-13-16(20-12-7-18(13,19)8-12)21-15(11)17(25-2)26-3/h6,12,14,17,24H,4-5,7-10H2,1-3H3,(H,20,21). The van der Waals surface area contributed by atoms with Crippen LogP contribution in [0.3, 0.4) is 0 Å². The normalized spacial score (nSPS) is 31.5. The number of aromatic nitrogens is 1. The molecule has 144 valence electrons. The number of halogens is 1. The van der Waals surface area contributed by atoms with Crippen molar-refractivity contribution in [1.29, 1.82) is 0 Å². The highest BCUT2D eigenvalue weighted by Crippen LogP contribution is 2.53. The van der Waals surface area contributed by atoms with Crippen LogP contribution in [-0.4, -0.2) is 73.1 Å². The summed E-state index contributed by atoms with van der Waals surface area (Å²) in [5.41, 5.74) is 0.804. The minimum absolute atomic E-state index is 0.154. The minimum atomic E-state index is -1.29. The molecule has 0 radical (unpaired) electrons. The van der Waals surface area contributed by atoms with Crippen LogP contribution < -0.4 is 5.32 Å². The summed E-state index contributed by atoms with van der Waals surface area (Å²) in [5.74, 6) is 0.590. The van der Waals surface area contributed by atoms with Gasteiger partial charge in [-0.3, -0.25) is 4.90 Å². The maximum atomic E-state index is 15.1. The fraction of sp³-hybridized carbons (Fsp3) is 0.722. The van der Waals surface area contributed by atoms with Crippen LogP contribution in [0.1, 0.15) is 36.0 Å². The molecular weight excluding hydrogens is 339 g/mol. The van der Waals surface area contributed by atoms with E-state index < -0.39 is 18.2 Å². The van der Waals surface area contributed by atoms with Crippen molar-refractivity contribution < 1.29 is 19.0 Å². The summed E-state index contributed by atoms with van der Waals surface area (Å²) in [6.45, 7) is 2.67. The number of rotatable bonds is 5. The number of anilines is 1. The van der Waals surface area contributed by atoms with Crippen molar-refractivity contribution in [2.75, 3.05) is 46.2 Å². The zero-order valence-corrected chi connectivity index (χ0v) is 15.5. The second kappa shape index (κ2) is 6.69. The Hall–Kier alpha value is -1.32. The summed E-state index contributed by atoms with van der Waals surface area (Å²) in [6.07, 6.45) is -0.201. The quantitative estimate of drug-likeness (QED) is 0.759. The lowest BCUT2D eigenvalue weighted by Crippen LogP contribution is -2.52. The van der Waals surface area contributed by atoms with Gasteiger partial charge in [0.15, 0.2) is 0 Å². The lowest BCUT2D eigenvalue weighted by Gasteiger charge is -2.48. The zero-order chi connectivity index (χ0) is 18.5. The van der Waals surface area contributed by atoms with Crippen molar-refractivity contribution >= 4 is 5.82 Å². The first-order chi connectivity index (χ1) is 12.4. The van der Waals surface area contributed by atoms with E-state index in [2.05, 4.69) is 15.2 Å². The summed E-state index contributed by atoms with van der Waals surface area (Å²) in [5, 5.41) is 13.7. The van der Waals surface area contributed by atoms with E-state index in [1.54, 1.807) is 14.2 Å². The Labute approximate surface area is 153 Å². The molecule has 1 saturated heterocycles. The number of nitrogens with one attached hydrogen (secondary N) is 1. The Morgan fingerprint density at radius 2 is 2.12 bits per heavy atom. The van der Waals surface area contributed by atoms with Crippen LogP contribution in [0.4, 0.5) is 10.2 Å². The summed E-state index contributed by atoms with van der Waals surface area (Å²) in [4.78, 5) is 8.75. The number of aliphatic hydroxyl groups excluding tert-OH is 1. The van der Waals surface area contributed by atoms with Gasteiger partial charge in [0.05, 0.1) is 0 Å². The maximum absolute atomic E-state index is 15.1. The summed E-state index contributed by atoms with van der Waals surface area (Å²) in [7, 11) is 5.11. The van der Waals surface area contributed by atoms with Crippen LogP contribution >= 0.6 is 0 Å². The average molecular weight is 366 g/mol. The fourth-order valence-corrected chi connectivity index (χ4v) is 4.24. The van der Waals surface area contributed by atoms with Crippen molar-refractivity contribution in [3.63, 3.8) is 0 Å². The van der Waals surface area contributed by atoms with Gasteiger partial charge in [0.25, 0.3) is 0 Å². The summed E-state index contributed by atoms with van der Waals surface area (Å²) >= 11 is 0. The summed E-state index contributed by atoms with van der Waals surface area (Å²) < 4.78 is 25.9. The van der Waals surface area contributed by atoms with Gasteiger partial charge in [-0.1, -0.05) is 0 Å². The molecule has 1 saturated carbocycles. The van der Waals surface area contributed by atoms with E-state index in [4.69, 9.17) is 9.47 Å². The van der Waals surface area contributed by atoms with Crippen molar-refractivity contribution in [3.8, 4) is 0 Å². The van der Waals surface area contributed by atoms with Crippen molar-refractivity contribution in [2.45, 2.75) is 43.6 Å². The van der Waals surface area contributed by atoms with Crippen LogP contribution in [0.15, 0.2) is 6.07 Å². The van der Waals surface area contributed by atoms with Gasteiger partial charge in [-0.05, 0) is 18.7 Å². The van der Waals surface area contributed by atoms with E-state index >= 15 is 4.39 Å². The molecule has 2 bridgehead atoms. The number of nitrogens with zero attached hydrogens (tertiary/aromatic N) is 3. The number of methoxy groups -OCH3 is 2. The van der Waals surface area contributed by atoms with Gasteiger partial charge >= 0.3 is 0 Å². The number of ether oxygens (including phenoxy) is 2. The van der Waals surface area contributed by atoms with Crippen LogP contribution in [0.25, 0.3) is 0 Å². The molecule has 26 heavy (non-hydrogen) atoms. The Morgan fingerprint density at radius 1 is 1.38 bits per heavy atom. The molecule has 0 amide bonds. The molecular formula is C18H27FN4O3. The number of alkyl halides is 1. The van der Waals surface area contributed by atoms with Crippen molar-refractivity contribution in [1.82, 2.24) is 14.8 Å². The third kappa shape index (κ3) is 2.99. The number of pyridine rings is 1. The number of aliphatic hydroxyl groups is 1. The highest BCUT2D eigenvalue weighted by Gasteiger charge is 2.52. The molecule has 5 rings (SSSR count). The number of likely N-dealkylation sites (N-methyl/N-ethyl adjacent to an activating group) is 1. The first-order valence-electron chi connectivity index (χ1n) is 9.09. The molecule has 8 heteroatoms. The molecule has 7 nitrogen and oxygen atoms in total. The molecule has 2 N–H and O–H groups in total. The highest BCUT2D eigenvalue weighted by atomic mass is 19.1. The summed E-state index contributed by atoms with van der Waals surface area (Å²) in [6, 6.07) is 2.04. The lowest BCUT2D eigenvalue weighted by atomic mass is 9.69. The van der Waals surface area contributed by atoms with Gasteiger partial charge < -0.3 is 24.8 Å². The second-order valence-electron chi connectivity index (χ2n) is 7.66. The number of β-amino-alcohol motifs (C(OH)–C–C–N with tert-alkyl or cyclic N) is 1. The maximum Gasteiger partial charge on any atom is 0.200 e. The van der Waals surface area contributed by atoms with E-state index in [1.165, 1.54) is 0 Å². The predicted octanol–water partition coefficient (Wildman–Crippen LogP) is 1.19. The molecule has 3 aliphatic heterocycles. The minimum Gasteiger partial charge on any atom is -0.377 e. The second-order valence-corrected chi connectivity index (χ2v) is 7.66. The fourth-order valence-electron chi connectivity index (χ4n) is 4.24. The zero-order valence-electron chi connectivity index (χ0n) is 15.5. The van der Waals surface area contributed by atoms with E-state index in [-0.39, 0.29) is 6.04 Å². The SMILES string of the molecule is COC(OC)c1nc2c(cc1CN1CCN(C)CC1O)C1(F)CC(C1)N2. The smallest absolute Gasteiger partial charge is 0.200 e. The van der Waals surface area contributed by atoms with Gasteiger partial charge in [-0.15, -0.1) is 0 Å². The van der Waals surface area contributed by atoms with E-state index in [1.807, 2.05) is 18.0 Å². The Kier molecular flexibility index (Phi) is 4.65. The van der Waals surface area contributed by atoms with Crippen LogP contribution in [0.2, 0.25) is 0 Å². The molecule has 1 aromatic rings. The highest BCUT2D eigenvalue weighted by molar-refractivity contribution is 5.57. The van der Waals surface area contributed by atoms with E-state index in [0.717, 1.165) is 18.7 Å². The van der Waals surface area contributed by atoms with Gasteiger partial charge in [-0.2, -0.15) is 0 Å². The van der Waals surface area contributed by atoms with Gasteiger partial charge in [0.2, 0.25) is 6.29 Å². The van der Waals surface area contributed by atoms with Gasteiger partial charge in [0, 0.05) is 64.8 Å². The monoisotopic (exact) mass is 366 g/mol. The third-order valence-electron chi connectivity index (χ3n) is 5.79. The van der Waals surface area contributed by atoms with Crippen LogP contribution in [0.5, 0.6) is 0 Å². The molecule has 1 unspecified atom stereocenters. The van der Waals surface area contributed by atoms with Crippen molar-refractivity contribution in [2.24, 2.45) is 0 Å². The van der Waals surface area contributed by atoms with Gasteiger partial charge in [-0.25, -0.2) is 9.37 Å². The first kappa shape index (κ1) is 18.1. The molecule has 4 heterocycles. The molecule has 4 aliphatic rings. The molecule has 2 fully saturated rings. The van der Waals surface area contributed by atoms with Crippen LogP contribution in [-0.2, 0) is 21.7 Å². The first-order valence-corrected chi connectivity index (χ1v) is 9.09. The van der Waals surface area contributed by atoms with Crippen LogP contribution in [0, 0.1) is 0 Å². The Morgan fingerprint density at radius 3 is 2.77 bits per heavy atom. The topological polar surface area (TPSA) is 70.1 Å². The average Bonchev–Trinajstić information content (AvgIpc) is 2.58. The van der Waals surface area contributed by atoms with Crippen molar-refractivity contribution in [3.05, 3.63) is 22.9 Å². The molecule has 1 aliphatic carbocycles. The molecule has 1 aromatic heterocycles. The molecule has 0 spiro atoms. The lowest BCUT2D eigenvalue weighted by molar-refractivity contribution is -0.110. The number of piperazine rings is 1. The Bertz CT molecular complexity index is 679. The molecule has 0 aromatic carbocycles. The number of hydrogen-bond acceptors (Lipinski definition) is 7. The number of hydrogen-bond donors (Lipinski definition) is 2. The largest absolute Gasteiger partial charge is 0.377 e. The predicted molar refractivity (Wildman–Crippen MR) is 94.3 cm³/mol. The third-order valence-corrected chi connectivity index (χ3v) is 5.79. The van der Waals surface area contributed by atoms with Gasteiger partial charge in [0.1, 0.15) is 23.4 Å².